The molecule has 5 nitrogen and oxygen atoms in total. The van der Waals surface area contributed by atoms with Crippen LogP contribution in [0.15, 0.2) is 42.7 Å². The molecule has 1 amide bonds. The monoisotopic (exact) mass is 339 g/mol. The summed E-state index contributed by atoms with van der Waals surface area (Å²) >= 11 is 0. The van der Waals surface area contributed by atoms with Gasteiger partial charge in [-0.1, -0.05) is 26.0 Å². The van der Waals surface area contributed by atoms with E-state index in [1.807, 2.05) is 12.1 Å². The Morgan fingerprint density at radius 2 is 1.96 bits per heavy atom. The van der Waals surface area contributed by atoms with Crippen LogP contribution in [-0.2, 0) is 4.79 Å². The third kappa shape index (κ3) is 4.48. The van der Waals surface area contributed by atoms with Crippen molar-refractivity contribution in [1.82, 2.24) is 4.98 Å². The van der Waals surface area contributed by atoms with Crippen LogP contribution in [0.3, 0.4) is 0 Å². The number of aromatic nitrogens is 1. The molecule has 0 spiro atoms. The Morgan fingerprint density at radius 1 is 1.28 bits per heavy atom. The van der Waals surface area contributed by atoms with Gasteiger partial charge in [-0.25, -0.2) is 4.39 Å². The number of nitrogens with zero attached hydrogens (tertiary/aromatic N) is 2. The maximum Gasteiger partial charge on any atom is 0.249 e. The van der Waals surface area contributed by atoms with Gasteiger partial charge in [0.05, 0.1) is 12.3 Å². The third-order valence-electron chi connectivity index (χ3n) is 4.00. The Kier molecular flexibility index (Phi) is 5.96. The van der Waals surface area contributed by atoms with Gasteiger partial charge >= 0.3 is 0 Å². The molecule has 1 heterocycles. The van der Waals surface area contributed by atoms with Crippen molar-refractivity contribution in [1.29, 1.82) is 5.26 Å². The predicted octanol–water partition coefficient (Wildman–Crippen LogP) is 3.70. The summed E-state index contributed by atoms with van der Waals surface area (Å²) in [6.07, 6.45) is 3.07. The summed E-state index contributed by atoms with van der Waals surface area (Å²) in [7, 11) is 0. The number of carbonyl (C=O) groups excluding carboxylic acids is 2. The summed E-state index contributed by atoms with van der Waals surface area (Å²) in [5.74, 6) is -3.42. The van der Waals surface area contributed by atoms with E-state index in [2.05, 4.69) is 24.1 Å². The summed E-state index contributed by atoms with van der Waals surface area (Å²) in [5, 5.41) is 11.7. The lowest BCUT2D eigenvalue weighted by molar-refractivity contribution is -0.117. The molecule has 0 saturated heterocycles. The Bertz CT molecular complexity index is 812. The van der Waals surface area contributed by atoms with Crippen molar-refractivity contribution in [2.75, 3.05) is 5.32 Å². The van der Waals surface area contributed by atoms with Gasteiger partial charge in [0, 0.05) is 17.4 Å². The molecule has 1 N–H and O–H groups in total. The average molecular weight is 339 g/mol. The highest BCUT2D eigenvalue weighted by molar-refractivity contribution is 6.15. The molecule has 25 heavy (non-hydrogen) atoms. The van der Waals surface area contributed by atoms with E-state index >= 15 is 0 Å². The van der Waals surface area contributed by atoms with E-state index in [4.69, 9.17) is 0 Å². The third-order valence-corrected chi connectivity index (χ3v) is 4.00. The number of anilines is 1. The number of nitrogens with one attached hydrogen (secondary N) is 1. The van der Waals surface area contributed by atoms with Crippen LogP contribution in [0.4, 0.5) is 10.1 Å². The molecule has 0 bridgehead atoms. The molecule has 1 aromatic carbocycles. The molecule has 6 heteroatoms. The van der Waals surface area contributed by atoms with E-state index in [9.17, 15) is 19.2 Å². The highest BCUT2D eigenvalue weighted by atomic mass is 19.1. The van der Waals surface area contributed by atoms with Crippen molar-refractivity contribution in [2.45, 2.75) is 26.2 Å². The number of amides is 1. The Labute approximate surface area is 145 Å². The van der Waals surface area contributed by atoms with Gasteiger partial charge in [-0.2, -0.15) is 5.26 Å². The number of pyridine rings is 1. The molecule has 0 aliphatic carbocycles. The number of hydrogen-bond donors (Lipinski definition) is 1. The van der Waals surface area contributed by atoms with Crippen LogP contribution in [0.1, 0.15) is 42.1 Å². The van der Waals surface area contributed by atoms with E-state index in [1.54, 1.807) is 18.2 Å². The topological polar surface area (TPSA) is 82.9 Å². The Balaban J connectivity index is 2.12. The van der Waals surface area contributed by atoms with E-state index < -0.39 is 23.4 Å². The van der Waals surface area contributed by atoms with Crippen molar-refractivity contribution >= 4 is 17.4 Å². The number of hydrogen-bond acceptors (Lipinski definition) is 4. The minimum atomic E-state index is -1.57. The van der Waals surface area contributed by atoms with Gasteiger partial charge in [0.25, 0.3) is 0 Å². The van der Waals surface area contributed by atoms with Gasteiger partial charge in [-0.3, -0.25) is 14.6 Å². The van der Waals surface area contributed by atoms with Gasteiger partial charge in [0.2, 0.25) is 5.91 Å². The van der Waals surface area contributed by atoms with Crippen molar-refractivity contribution in [3.05, 3.63) is 59.7 Å². The number of halogens is 1. The molecule has 2 aromatic rings. The SMILES string of the molecule is CCC(C)c1ccc(NC(=O)C(C#N)C(=O)c2cncc(F)c2)cc1. The zero-order valence-corrected chi connectivity index (χ0v) is 14.0. The molecule has 0 aliphatic rings. The number of rotatable bonds is 6. The minimum absolute atomic E-state index is 0.117. The molecule has 0 aliphatic heterocycles. The van der Waals surface area contributed by atoms with Crippen LogP contribution >= 0.6 is 0 Å². The Hall–Kier alpha value is -3.07. The molecular formula is C19H18FN3O2. The summed E-state index contributed by atoms with van der Waals surface area (Å²) in [5.41, 5.74) is 1.51. The van der Waals surface area contributed by atoms with E-state index in [0.717, 1.165) is 30.4 Å². The summed E-state index contributed by atoms with van der Waals surface area (Å²) in [6, 6.07) is 9.85. The van der Waals surface area contributed by atoms with Crippen LogP contribution in [0.2, 0.25) is 0 Å². The van der Waals surface area contributed by atoms with Gasteiger partial charge in [-0.15, -0.1) is 0 Å². The summed E-state index contributed by atoms with van der Waals surface area (Å²) < 4.78 is 13.2. The maximum absolute atomic E-state index is 13.2. The second-order valence-electron chi connectivity index (χ2n) is 5.74. The first-order valence-electron chi connectivity index (χ1n) is 7.91. The standard InChI is InChI=1S/C19H18FN3O2/c1-3-12(2)13-4-6-16(7-5-13)23-19(25)17(9-21)18(24)14-8-15(20)11-22-10-14/h4-8,10-12,17H,3H2,1-2H3,(H,23,25). The maximum atomic E-state index is 13.2. The number of nitriles is 1. The van der Waals surface area contributed by atoms with Gasteiger partial charge in [-0.05, 0) is 36.1 Å². The minimum Gasteiger partial charge on any atom is -0.325 e. The Morgan fingerprint density at radius 3 is 2.52 bits per heavy atom. The molecule has 0 saturated carbocycles. The average Bonchev–Trinajstić information content (AvgIpc) is 2.62. The van der Waals surface area contributed by atoms with E-state index in [0.29, 0.717) is 11.6 Å². The first-order valence-corrected chi connectivity index (χ1v) is 7.91. The molecule has 2 atom stereocenters. The van der Waals surface area contributed by atoms with Crippen molar-refractivity contribution in [2.24, 2.45) is 5.92 Å². The quantitative estimate of drug-likeness (QED) is 0.642. The lowest BCUT2D eigenvalue weighted by atomic mass is 9.98. The fraction of sp³-hybridized carbons (Fsp3) is 0.263. The van der Waals surface area contributed by atoms with E-state index in [-0.39, 0.29) is 5.56 Å². The van der Waals surface area contributed by atoms with Crippen LogP contribution in [-0.4, -0.2) is 16.7 Å². The second-order valence-corrected chi connectivity index (χ2v) is 5.74. The number of carbonyl (C=O) groups is 2. The van der Waals surface area contributed by atoms with E-state index in [1.165, 1.54) is 0 Å². The fourth-order valence-corrected chi connectivity index (χ4v) is 2.29. The van der Waals surface area contributed by atoms with Crippen molar-refractivity contribution in [3.63, 3.8) is 0 Å². The van der Waals surface area contributed by atoms with Crippen LogP contribution in [0, 0.1) is 23.1 Å². The number of Topliss-reactive ketones (excluding diaryl/α,β-unsaturated/α-hetero) is 1. The molecule has 2 unspecified atom stereocenters. The molecule has 2 rings (SSSR count). The van der Waals surface area contributed by atoms with Crippen LogP contribution < -0.4 is 5.32 Å². The number of benzene rings is 1. The molecule has 0 radical (unpaired) electrons. The second kappa shape index (κ2) is 8.15. The molecular weight excluding hydrogens is 321 g/mol. The smallest absolute Gasteiger partial charge is 0.249 e. The summed E-state index contributed by atoms with van der Waals surface area (Å²) in [4.78, 5) is 28.1. The lowest BCUT2D eigenvalue weighted by Gasteiger charge is -2.12. The zero-order chi connectivity index (χ0) is 18.4. The zero-order valence-electron chi connectivity index (χ0n) is 14.0. The normalized spacial score (nSPS) is 12.7. The van der Waals surface area contributed by atoms with Crippen LogP contribution in [0.25, 0.3) is 0 Å². The highest BCUT2D eigenvalue weighted by Crippen LogP contribution is 2.21. The van der Waals surface area contributed by atoms with Gasteiger partial charge in [0.15, 0.2) is 11.7 Å². The molecule has 0 fully saturated rings. The lowest BCUT2D eigenvalue weighted by Crippen LogP contribution is -2.28. The van der Waals surface area contributed by atoms with Crippen LogP contribution in [0.5, 0.6) is 0 Å². The first kappa shape index (κ1) is 18.3. The van der Waals surface area contributed by atoms with Gasteiger partial charge < -0.3 is 5.32 Å². The van der Waals surface area contributed by atoms with Crippen molar-refractivity contribution < 1.29 is 14.0 Å². The van der Waals surface area contributed by atoms with Crippen molar-refractivity contribution in [3.8, 4) is 6.07 Å². The predicted molar refractivity (Wildman–Crippen MR) is 91.4 cm³/mol. The first-order chi connectivity index (χ1) is 12.0. The summed E-state index contributed by atoms with van der Waals surface area (Å²) in [6.45, 7) is 4.19. The largest absolute Gasteiger partial charge is 0.325 e. The number of ketones is 1. The molecule has 1 aromatic heterocycles. The molecule has 128 valence electrons. The highest BCUT2D eigenvalue weighted by Gasteiger charge is 2.28. The van der Waals surface area contributed by atoms with Gasteiger partial charge in [0.1, 0.15) is 5.82 Å². The fourth-order valence-electron chi connectivity index (χ4n) is 2.29.